The number of nitrogens with zero attached hydrogens (tertiary/aromatic N) is 1. The average molecular weight is 225 g/mol. The molecule has 15 heavy (non-hydrogen) atoms. The Bertz CT molecular complexity index is 261. The molecule has 0 aliphatic heterocycles. The Kier molecular flexibility index (Phi) is 5.04. The molecule has 0 bridgehead atoms. The molecule has 2 unspecified atom stereocenters. The minimum atomic E-state index is -4.63. The minimum Gasteiger partial charge on any atom is -0.382 e. The van der Waals surface area contributed by atoms with Crippen LogP contribution in [0.5, 0.6) is 0 Å². The van der Waals surface area contributed by atoms with E-state index in [4.69, 9.17) is 10.4 Å². The number of nitrogens with two attached hydrogens (primary N) is 1. The van der Waals surface area contributed by atoms with Crippen molar-refractivity contribution in [1.29, 1.82) is 5.26 Å². The number of halogens is 3. The van der Waals surface area contributed by atoms with E-state index in [1.54, 1.807) is 0 Å². The molecule has 0 saturated carbocycles. The van der Waals surface area contributed by atoms with Gasteiger partial charge in [-0.1, -0.05) is 0 Å². The van der Waals surface area contributed by atoms with Crippen molar-refractivity contribution in [2.45, 2.75) is 12.3 Å². The Morgan fingerprint density at radius 3 is 2.40 bits per heavy atom. The van der Waals surface area contributed by atoms with Crippen molar-refractivity contribution < 1.29 is 23.1 Å². The lowest BCUT2D eigenvalue weighted by atomic mass is 10.1. The quantitative estimate of drug-likeness (QED) is 0.566. The predicted octanol–water partition coefficient (Wildman–Crippen LogP) is -0.876. The maximum atomic E-state index is 12.0. The lowest BCUT2D eigenvalue weighted by Crippen LogP contribution is -2.41. The van der Waals surface area contributed by atoms with Gasteiger partial charge >= 0.3 is 6.18 Å². The maximum absolute atomic E-state index is 12.0. The van der Waals surface area contributed by atoms with Crippen molar-refractivity contribution in [2.24, 2.45) is 11.7 Å². The Balaban J connectivity index is 3.95. The third-order valence-corrected chi connectivity index (χ3v) is 1.57. The Hall–Kier alpha value is -1.33. The van der Waals surface area contributed by atoms with E-state index < -0.39 is 37.2 Å². The number of aliphatic hydroxyl groups excluding tert-OH is 1. The molecule has 0 spiro atoms. The van der Waals surface area contributed by atoms with Gasteiger partial charge in [0.2, 0.25) is 5.91 Å². The van der Waals surface area contributed by atoms with Crippen LogP contribution in [-0.2, 0) is 4.79 Å². The maximum Gasteiger partial charge on any atom is 0.405 e. The number of carbonyl (C=O) groups is 1. The third kappa shape index (κ3) is 5.19. The first-order valence-electron chi connectivity index (χ1n) is 3.93. The topological polar surface area (TPSA) is 99.1 Å². The number of aliphatic hydroxyl groups is 1. The standard InChI is InChI=1S/C7H10F3N3O2/c8-7(9,10)4(1-11)2-13-3-5(14)6(12)15/h4-5,13-14H,2-3H2,(H2,12,15). The van der Waals surface area contributed by atoms with Crippen LogP contribution >= 0.6 is 0 Å². The normalized spacial score (nSPS) is 15.4. The second kappa shape index (κ2) is 5.53. The van der Waals surface area contributed by atoms with E-state index in [-0.39, 0.29) is 0 Å². The van der Waals surface area contributed by atoms with E-state index in [1.165, 1.54) is 0 Å². The van der Waals surface area contributed by atoms with Crippen LogP contribution in [-0.4, -0.2) is 36.4 Å². The van der Waals surface area contributed by atoms with Gasteiger partial charge in [-0.2, -0.15) is 18.4 Å². The number of rotatable bonds is 5. The monoisotopic (exact) mass is 225 g/mol. The van der Waals surface area contributed by atoms with Gasteiger partial charge in [-0.25, -0.2) is 0 Å². The first kappa shape index (κ1) is 13.7. The van der Waals surface area contributed by atoms with Crippen LogP contribution in [0.1, 0.15) is 0 Å². The number of primary amides is 1. The molecule has 0 rings (SSSR count). The van der Waals surface area contributed by atoms with Crippen molar-refractivity contribution in [1.82, 2.24) is 5.32 Å². The molecule has 1 amide bonds. The van der Waals surface area contributed by atoms with Crippen molar-refractivity contribution in [2.75, 3.05) is 13.1 Å². The van der Waals surface area contributed by atoms with Crippen LogP contribution in [0.15, 0.2) is 0 Å². The molecule has 0 saturated heterocycles. The van der Waals surface area contributed by atoms with Crippen LogP contribution < -0.4 is 11.1 Å². The van der Waals surface area contributed by atoms with Gasteiger partial charge in [0.15, 0.2) is 5.92 Å². The summed E-state index contributed by atoms with van der Waals surface area (Å²) >= 11 is 0. The molecule has 0 aliphatic carbocycles. The molecule has 5 nitrogen and oxygen atoms in total. The highest BCUT2D eigenvalue weighted by molar-refractivity contribution is 5.78. The zero-order valence-corrected chi connectivity index (χ0v) is 7.58. The first-order chi connectivity index (χ1) is 6.79. The van der Waals surface area contributed by atoms with Gasteiger partial charge in [0.1, 0.15) is 6.10 Å². The predicted molar refractivity (Wildman–Crippen MR) is 43.2 cm³/mol. The van der Waals surface area contributed by atoms with Crippen LogP contribution in [0.3, 0.4) is 0 Å². The number of hydrogen-bond acceptors (Lipinski definition) is 4. The Labute approximate surface area is 83.7 Å². The fourth-order valence-corrected chi connectivity index (χ4v) is 0.700. The fourth-order valence-electron chi connectivity index (χ4n) is 0.700. The molecule has 0 fully saturated rings. The van der Waals surface area contributed by atoms with E-state index >= 15 is 0 Å². The lowest BCUT2D eigenvalue weighted by Gasteiger charge is -2.14. The summed E-state index contributed by atoms with van der Waals surface area (Å²) in [6.45, 7) is -1.10. The summed E-state index contributed by atoms with van der Waals surface area (Å²) in [6.07, 6.45) is -6.18. The molecule has 0 aromatic carbocycles. The largest absolute Gasteiger partial charge is 0.405 e. The minimum absolute atomic E-state index is 0.413. The van der Waals surface area contributed by atoms with Crippen LogP contribution in [0.2, 0.25) is 0 Å². The van der Waals surface area contributed by atoms with Gasteiger partial charge in [-0.3, -0.25) is 4.79 Å². The van der Waals surface area contributed by atoms with E-state index in [2.05, 4.69) is 11.1 Å². The Morgan fingerprint density at radius 2 is 2.07 bits per heavy atom. The highest BCUT2D eigenvalue weighted by Gasteiger charge is 2.39. The molecule has 86 valence electrons. The summed E-state index contributed by atoms with van der Waals surface area (Å²) in [6, 6.07) is 1.06. The van der Waals surface area contributed by atoms with Crippen molar-refractivity contribution in [3.63, 3.8) is 0 Å². The summed E-state index contributed by atoms with van der Waals surface area (Å²) in [5.41, 5.74) is 4.65. The number of alkyl halides is 3. The van der Waals surface area contributed by atoms with Gasteiger partial charge in [0.25, 0.3) is 0 Å². The lowest BCUT2D eigenvalue weighted by molar-refractivity contribution is -0.157. The zero-order valence-electron chi connectivity index (χ0n) is 7.58. The highest BCUT2D eigenvalue weighted by atomic mass is 19.4. The SMILES string of the molecule is N#CC(CNCC(O)C(N)=O)C(F)(F)F. The summed E-state index contributed by atoms with van der Waals surface area (Å²) in [4.78, 5) is 10.3. The summed E-state index contributed by atoms with van der Waals surface area (Å²) in [7, 11) is 0. The fraction of sp³-hybridized carbons (Fsp3) is 0.714. The van der Waals surface area contributed by atoms with Crippen molar-refractivity contribution in [3.05, 3.63) is 0 Å². The van der Waals surface area contributed by atoms with E-state index in [0.29, 0.717) is 0 Å². The number of nitriles is 1. The number of carbonyl (C=O) groups excluding carboxylic acids is 1. The molecule has 4 N–H and O–H groups in total. The Morgan fingerprint density at radius 1 is 1.53 bits per heavy atom. The number of nitrogens with one attached hydrogen (secondary N) is 1. The second-order valence-corrected chi connectivity index (χ2v) is 2.80. The van der Waals surface area contributed by atoms with Crippen molar-refractivity contribution >= 4 is 5.91 Å². The third-order valence-electron chi connectivity index (χ3n) is 1.57. The molecule has 0 aromatic rings. The summed E-state index contributed by atoms with van der Waals surface area (Å²) < 4.78 is 36.0. The molecule has 2 atom stereocenters. The van der Waals surface area contributed by atoms with E-state index in [0.717, 1.165) is 6.07 Å². The van der Waals surface area contributed by atoms with Gasteiger partial charge in [0, 0.05) is 13.1 Å². The van der Waals surface area contributed by atoms with Crippen LogP contribution in [0.25, 0.3) is 0 Å². The van der Waals surface area contributed by atoms with Gasteiger partial charge in [-0.05, 0) is 0 Å². The molecule has 8 heteroatoms. The zero-order chi connectivity index (χ0) is 12.1. The van der Waals surface area contributed by atoms with Crippen molar-refractivity contribution in [3.8, 4) is 6.07 Å². The summed E-state index contributed by atoms with van der Waals surface area (Å²) in [5.74, 6) is -3.21. The molecule has 0 radical (unpaired) electrons. The molecular formula is C7H10F3N3O2. The van der Waals surface area contributed by atoms with E-state index in [9.17, 15) is 18.0 Å². The van der Waals surface area contributed by atoms with Gasteiger partial charge in [-0.15, -0.1) is 0 Å². The molecule has 0 aromatic heterocycles. The van der Waals surface area contributed by atoms with Crippen LogP contribution in [0, 0.1) is 17.2 Å². The summed E-state index contributed by atoms with van der Waals surface area (Å²) in [5, 5.41) is 19.1. The average Bonchev–Trinajstić information content (AvgIpc) is 2.09. The number of hydrogen-bond donors (Lipinski definition) is 3. The number of amides is 1. The van der Waals surface area contributed by atoms with Gasteiger partial charge in [0.05, 0.1) is 6.07 Å². The first-order valence-corrected chi connectivity index (χ1v) is 3.93. The molecule has 0 aliphatic rings. The van der Waals surface area contributed by atoms with E-state index in [1.807, 2.05) is 0 Å². The molecular weight excluding hydrogens is 215 g/mol. The molecule has 0 heterocycles. The highest BCUT2D eigenvalue weighted by Crippen LogP contribution is 2.24. The smallest absolute Gasteiger partial charge is 0.382 e. The van der Waals surface area contributed by atoms with Gasteiger partial charge < -0.3 is 16.2 Å². The second-order valence-electron chi connectivity index (χ2n) is 2.80. The van der Waals surface area contributed by atoms with Crippen LogP contribution in [0.4, 0.5) is 13.2 Å².